The summed E-state index contributed by atoms with van der Waals surface area (Å²) in [6.07, 6.45) is 8.63. The quantitative estimate of drug-likeness (QED) is 0.523. The number of aliphatic hydroxyl groups is 1. The third kappa shape index (κ3) is 6.55. The molecule has 1 saturated carbocycles. The van der Waals surface area contributed by atoms with E-state index in [1.165, 1.54) is 19.3 Å². The molecule has 0 radical (unpaired) electrons. The molecule has 0 aromatic heterocycles. The van der Waals surface area contributed by atoms with Crippen molar-refractivity contribution in [3.8, 4) is 0 Å². The Morgan fingerprint density at radius 1 is 1.04 bits per heavy atom. The van der Waals surface area contributed by atoms with Crippen molar-refractivity contribution in [3.63, 3.8) is 0 Å². The highest BCUT2D eigenvalue weighted by molar-refractivity contribution is 5.79. The van der Waals surface area contributed by atoms with Crippen LogP contribution < -0.4 is 10.6 Å². The van der Waals surface area contributed by atoms with Gasteiger partial charge in [0.1, 0.15) is 6.10 Å². The summed E-state index contributed by atoms with van der Waals surface area (Å²) in [6, 6.07) is -0.120. The average Bonchev–Trinajstić information content (AvgIpc) is 2.70. The monoisotopic (exact) mass is 395 g/mol. The van der Waals surface area contributed by atoms with Gasteiger partial charge in [0, 0.05) is 19.1 Å². The number of nitrogens with zero attached hydrogens (tertiary/aromatic N) is 1. The summed E-state index contributed by atoms with van der Waals surface area (Å²) >= 11 is 0. The largest absolute Gasteiger partial charge is 0.394 e. The topological polar surface area (TPSA) is 100 Å². The number of amides is 2. The van der Waals surface area contributed by atoms with Gasteiger partial charge in [0.05, 0.1) is 44.9 Å². The van der Waals surface area contributed by atoms with Crippen LogP contribution in [0.1, 0.15) is 38.5 Å². The number of nitrogens with one attached hydrogen (secondary N) is 2. The van der Waals surface area contributed by atoms with Gasteiger partial charge in [-0.3, -0.25) is 14.5 Å². The Morgan fingerprint density at radius 3 is 2.50 bits per heavy atom. The van der Waals surface area contributed by atoms with Crippen molar-refractivity contribution < 1.29 is 24.2 Å². The minimum atomic E-state index is -0.550. The van der Waals surface area contributed by atoms with E-state index in [0.717, 1.165) is 25.9 Å². The second-order valence-corrected chi connectivity index (χ2v) is 7.87. The predicted octanol–water partition coefficient (Wildman–Crippen LogP) is -0.0417. The molecule has 8 heteroatoms. The first-order chi connectivity index (χ1) is 13.6. The van der Waals surface area contributed by atoms with Crippen molar-refractivity contribution in [1.29, 1.82) is 0 Å². The van der Waals surface area contributed by atoms with Gasteiger partial charge in [-0.25, -0.2) is 0 Å². The zero-order valence-electron chi connectivity index (χ0n) is 16.5. The van der Waals surface area contributed by atoms with Crippen LogP contribution in [0.2, 0.25) is 0 Å². The molecule has 0 spiro atoms. The lowest BCUT2D eigenvalue weighted by molar-refractivity contribution is -0.129. The molecule has 3 atom stereocenters. The van der Waals surface area contributed by atoms with Gasteiger partial charge in [0.25, 0.3) is 0 Å². The Bertz CT molecular complexity index is 544. The molecule has 0 bridgehead atoms. The van der Waals surface area contributed by atoms with E-state index in [4.69, 9.17) is 9.47 Å². The number of hydrogen-bond donors (Lipinski definition) is 3. The maximum absolute atomic E-state index is 12.3. The summed E-state index contributed by atoms with van der Waals surface area (Å²) in [5.74, 6) is -0.125. The lowest BCUT2D eigenvalue weighted by Gasteiger charge is -2.33. The molecule has 0 unspecified atom stereocenters. The van der Waals surface area contributed by atoms with Crippen molar-refractivity contribution in [2.45, 2.75) is 62.8 Å². The third-order valence-corrected chi connectivity index (χ3v) is 5.62. The Morgan fingerprint density at radius 2 is 1.79 bits per heavy atom. The zero-order chi connectivity index (χ0) is 19.8. The summed E-state index contributed by atoms with van der Waals surface area (Å²) in [5.41, 5.74) is 0. The van der Waals surface area contributed by atoms with E-state index in [1.54, 1.807) is 0 Å². The molecule has 1 saturated heterocycles. The Balaban J connectivity index is 1.44. The molecule has 8 nitrogen and oxygen atoms in total. The van der Waals surface area contributed by atoms with Crippen LogP contribution in [0.15, 0.2) is 12.2 Å². The number of ether oxygens (including phenoxy) is 2. The summed E-state index contributed by atoms with van der Waals surface area (Å²) in [6.45, 7) is 2.86. The molecule has 0 aromatic carbocycles. The van der Waals surface area contributed by atoms with Crippen molar-refractivity contribution in [2.75, 3.05) is 39.5 Å². The zero-order valence-corrected chi connectivity index (χ0v) is 16.5. The van der Waals surface area contributed by atoms with Gasteiger partial charge in [0.2, 0.25) is 11.8 Å². The fourth-order valence-electron chi connectivity index (χ4n) is 4.05. The van der Waals surface area contributed by atoms with Gasteiger partial charge in [-0.05, 0) is 12.8 Å². The average molecular weight is 396 g/mol. The summed E-state index contributed by atoms with van der Waals surface area (Å²) in [5, 5.41) is 15.7. The number of morpholine rings is 1. The highest BCUT2D eigenvalue weighted by Gasteiger charge is 2.30. The summed E-state index contributed by atoms with van der Waals surface area (Å²) in [7, 11) is 0. The van der Waals surface area contributed by atoms with Crippen molar-refractivity contribution >= 4 is 11.8 Å². The fraction of sp³-hybridized carbons (Fsp3) is 0.800. The molecule has 28 heavy (non-hydrogen) atoms. The van der Waals surface area contributed by atoms with Crippen LogP contribution >= 0.6 is 0 Å². The summed E-state index contributed by atoms with van der Waals surface area (Å²) < 4.78 is 11.1. The third-order valence-electron chi connectivity index (χ3n) is 5.62. The van der Waals surface area contributed by atoms with E-state index in [2.05, 4.69) is 10.6 Å². The van der Waals surface area contributed by atoms with E-state index in [9.17, 15) is 14.7 Å². The molecule has 1 aliphatic carbocycles. The van der Waals surface area contributed by atoms with Crippen molar-refractivity contribution in [1.82, 2.24) is 15.5 Å². The maximum Gasteiger partial charge on any atom is 0.234 e. The van der Waals surface area contributed by atoms with E-state index in [-0.39, 0.29) is 37.0 Å². The second kappa shape index (κ2) is 10.9. The molecule has 2 amide bonds. The normalized spacial score (nSPS) is 29.4. The van der Waals surface area contributed by atoms with Crippen LogP contribution in [0.5, 0.6) is 0 Å². The van der Waals surface area contributed by atoms with Crippen molar-refractivity contribution in [2.24, 2.45) is 0 Å². The lowest BCUT2D eigenvalue weighted by Crippen LogP contribution is -2.52. The lowest BCUT2D eigenvalue weighted by atomic mass is 9.95. The number of rotatable bonds is 7. The Labute approximate surface area is 166 Å². The van der Waals surface area contributed by atoms with E-state index < -0.39 is 12.1 Å². The maximum atomic E-state index is 12.3. The van der Waals surface area contributed by atoms with E-state index in [0.29, 0.717) is 19.8 Å². The highest BCUT2D eigenvalue weighted by Crippen LogP contribution is 2.19. The van der Waals surface area contributed by atoms with Crippen molar-refractivity contribution in [3.05, 3.63) is 12.2 Å². The van der Waals surface area contributed by atoms with Crippen LogP contribution in [0.3, 0.4) is 0 Å². The minimum Gasteiger partial charge on any atom is -0.394 e. The van der Waals surface area contributed by atoms with Gasteiger partial charge in [-0.1, -0.05) is 31.4 Å². The predicted molar refractivity (Wildman–Crippen MR) is 104 cm³/mol. The first-order valence-corrected chi connectivity index (χ1v) is 10.5. The number of carbonyl (C=O) groups is 2. The number of aliphatic hydroxyl groups excluding tert-OH is 1. The van der Waals surface area contributed by atoms with Crippen LogP contribution in [0.25, 0.3) is 0 Å². The molecule has 2 heterocycles. The van der Waals surface area contributed by atoms with Gasteiger partial charge < -0.3 is 25.2 Å². The molecule has 2 fully saturated rings. The standard InChI is InChI=1S/C20H33N3O5/c24-14-18-17(22-20(26)13-23-8-10-27-11-9-23)7-6-16(28-18)12-19(25)21-15-4-2-1-3-5-15/h6-7,15-18,24H,1-5,8-14H2,(H,21,25)(H,22,26)/t16-,17-,18-/m0/s1. The first-order valence-electron chi connectivity index (χ1n) is 10.5. The van der Waals surface area contributed by atoms with Gasteiger partial charge >= 0.3 is 0 Å². The molecule has 0 aromatic rings. The van der Waals surface area contributed by atoms with E-state index in [1.807, 2.05) is 17.1 Å². The number of carbonyl (C=O) groups excluding carboxylic acids is 2. The minimum absolute atomic E-state index is 0.0203. The first kappa shape index (κ1) is 21.2. The van der Waals surface area contributed by atoms with Crippen LogP contribution in [-0.4, -0.2) is 85.6 Å². The fourth-order valence-corrected chi connectivity index (χ4v) is 4.05. The smallest absolute Gasteiger partial charge is 0.234 e. The van der Waals surface area contributed by atoms with Gasteiger partial charge in [0.15, 0.2) is 0 Å². The van der Waals surface area contributed by atoms with Gasteiger partial charge in [-0.15, -0.1) is 0 Å². The highest BCUT2D eigenvalue weighted by atomic mass is 16.5. The van der Waals surface area contributed by atoms with Crippen LogP contribution in [0.4, 0.5) is 0 Å². The number of hydrogen-bond acceptors (Lipinski definition) is 6. The molecular formula is C20H33N3O5. The summed E-state index contributed by atoms with van der Waals surface area (Å²) in [4.78, 5) is 26.6. The molecule has 3 N–H and O–H groups in total. The second-order valence-electron chi connectivity index (χ2n) is 7.87. The molecule has 2 aliphatic heterocycles. The molecule has 3 aliphatic rings. The SMILES string of the molecule is O=C(C[C@@H]1C=C[C@H](NC(=O)CN2CCOCC2)[C@H](CO)O1)NC1CCCCC1. The van der Waals surface area contributed by atoms with Gasteiger partial charge in [-0.2, -0.15) is 0 Å². The van der Waals surface area contributed by atoms with Crippen LogP contribution in [-0.2, 0) is 19.1 Å². The Kier molecular flexibility index (Phi) is 8.27. The molecule has 3 rings (SSSR count). The molecular weight excluding hydrogens is 362 g/mol. The molecule has 158 valence electrons. The van der Waals surface area contributed by atoms with Crippen LogP contribution in [0, 0.1) is 0 Å². The van der Waals surface area contributed by atoms with E-state index >= 15 is 0 Å². The Hall–Kier alpha value is -1.48.